The van der Waals surface area contributed by atoms with Crippen molar-refractivity contribution in [2.45, 2.75) is 13.5 Å². The number of halogens is 1. The van der Waals surface area contributed by atoms with Gasteiger partial charge in [-0.1, -0.05) is 6.07 Å². The SMILES string of the molecule is COC(=O)c1c(C)c2c(nc(N)n3nc(-c4ccccn4)nc23)n1CCOSI. The summed E-state index contributed by atoms with van der Waals surface area (Å²) in [6, 6.07) is 5.48. The number of hydrogen-bond acceptors (Lipinski definition) is 9. The molecule has 2 N–H and O–H groups in total. The largest absolute Gasteiger partial charge is 0.464 e. The lowest BCUT2D eigenvalue weighted by atomic mass is 10.2. The Balaban J connectivity index is 2.00. The normalized spacial score (nSPS) is 11.4. The summed E-state index contributed by atoms with van der Waals surface area (Å²) < 4.78 is 13.6. The minimum absolute atomic E-state index is 0.154. The number of ether oxygens (including phenoxy) is 1. The molecule has 0 unspecified atom stereocenters. The highest BCUT2D eigenvalue weighted by Crippen LogP contribution is 2.30. The van der Waals surface area contributed by atoms with Crippen LogP contribution in [0.4, 0.5) is 5.95 Å². The van der Waals surface area contributed by atoms with Crippen LogP contribution in [0.5, 0.6) is 0 Å². The Morgan fingerprint density at radius 2 is 2.14 bits per heavy atom. The molecular formula is C17H16IN7O3S. The van der Waals surface area contributed by atoms with Gasteiger partial charge in [0.1, 0.15) is 17.0 Å². The van der Waals surface area contributed by atoms with Gasteiger partial charge in [0, 0.05) is 33.9 Å². The Morgan fingerprint density at radius 3 is 2.83 bits per heavy atom. The summed E-state index contributed by atoms with van der Waals surface area (Å²) in [4.78, 5) is 25.9. The molecule has 0 atom stereocenters. The van der Waals surface area contributed by atoms with E-state index in [2.05, 4.69) is 20.1 Å². The molecule has 0 spiro atoms. The molecule has 0 fully saturated rings. The number of hydrogen-bond donors (Lipinski definition) is 1. The fourth-order valence-corrected chi connectivity index (χ4v) is 3.92. The molecule has 12 heteroatoms. The molecule has 0 radical (unpaired) electrons. The van der Waals surface area contributed by atoms with Gasteiger partial charge in [-0.15, -0.1) is 5.10 Å². The van der Waals surface area contributed by atoms with Gasteiger partial charge in [-0.25, -0.2) is 9.78 Å². The summed E-state index contributed by atoms with van der Waals surface area (Å²) in [5.74, 6) is 0.105. The van der Waals surface area contributed by atoms with Gasteiger partial charge in [0.25, 0.3) is 0 Å². The molecule has 0 saturated heterocycles. The number of aryl methyl sites for hydroxylation is 1. The molecule has 4 rings (SSSR count). The zero-order chi connectivity index (χ0) is 20.5. The topological polar surface area (TPSA) is 122 Å². The number of nitrogens with zero attached hydrogens (tertiary/aromatic N) is 6. The number of nitrogens with two attached hydrogens (primary N) is 1. The van der Waals surface area contributed by atoms with Crippen LogP contribution in [-0.2, 0) is 15.5 Å². The van der Waals surface area contributed by atoms with Crippen LogP contribution in [0, 0.1) is 6.92 Å². The molecule has 29 heavy (non-hydrogen) atoms. The van der Waals surface area contributed by atoms with Gasteiger partial charge < -0.3 is 19.2 Å². The van der Waals surface area contributed by atoms with Crippen molar-refractivity contribution in [3.05, 3.63) is 35.7 Å². The zero-order valence-corrected chi connectivity index (χ0v) is 18.5. The third-order valence-corrected chi connectivity index (χ3v) is 5.48. The van der Waals surface area contributed by atoms with Crippen molar-refractivity contribution in [2.24, 2.45) is 0 Å². The van der Waals surface area contributed by atoms with Gasteiger partial charge in [0.15, 0.2) is 5.65 Å². The quantitative estimate of drug-likeness (QED) is 0.175. The predicted molar refractivity (Wildman–Crippen MR) is 118 cm³/mol. The molecule has 0 amide bonds. The second-order valence-corrected chi connectivity index (χ2v) is 7.50. The number of methoxy groups -OCH3 is 1. The Bertz CT molecular complexity index is 1210. The summed E-state index contributed by atoms with van der Waals surface area (Å²) in [5.41, 5.74) is 8.87. The molecule has 0 aliphatic carbocycles. The molecule has 0 bridgehead atoms. The lowest BCUT2D eigenvalue weighted by Gasteiger charge is -2.09. The van der Waals surface area contributed by atoms with Crippen LogP contribution in [0.3, 0.4) is 0 Å². The first-order valence-corrected chi connectivity index (χ1v) is 11.8. The Hall–Kier alpha value is -2.45. The third-order valence-electron chi connectivity index (χ3n) is 4.46. The van der Waals surface area contributed by atoms with Gasteiger partial charge in [-0.2, -0.15) is 9.50 Å². The summed E-state index contributed by atoms with van der Waals surface area (Å²) in [6.45, 7) is 2.60. The molecule has 10 nitrogen and oxygen atoms in total. The molecule has 150 valence electrons. The van der Waals surface area contributed by atoms with E-state index in [4.69, 9.17) is 14.7 Å². The highest BCUT2D eigenvalue weighted by molar-refractivity contribution is 14.2. The van der Waals surface area contributed by atoms with Crippen molar-refractivity contribution in [2.75, 3.05) is 19.5 Å². The van der Waals surface area contributed by atoms with Gasteiger partial charge in [0.2, 0.25) is 11.8 Å². The van der Waals surface area contributed by atoms with E-state index in [-0.39, 0.29) is 5.95 Å². The summed E-state index contributed by atoms with van der Waals surface area (Å²) >= 11 is 2.04. The average Bonchev–Trinajstić information content (AvgIpc) is 3.29. The molecule has 0 aliphatic rings. The van der Waals surface area contributed by atoms with E-state index < -0.39 is 5.97 Å². The fraction of sp³-hybridized carbons (Fsp3) is 0.235. The van der Waals surface area contributed by atoms with Crippen LogP contribution >= 0.6 is 30.4 Å². The Kier molecular flexibility index (Phi) is 5.56. The summed E-state index contributed by atoms with van der Waals surface area (Å²) in [6.07, 6.45) is 1.67. The molecule has 4 aromatic rings. The third kappa shape index (κ3) is 3.40. The van der Waals surface area contributed by atoms with Crippen molar-refractivity contribution < 1.29 is 13.7 Å². The van der Waals surface area contributed by atoms with Crippen LogP contribution in [0.15, 0.2) is 24.4 Å². The maximum Gasteiger partial charge on any atom is 0.355 e. The Morgan fingerprint density at radius 1 is 1.31 bits per heavy atom. The minimum Gasteiger partial charge on any atom is -0.464 e. The highest BCUT2D eigenvalue weighted by atomic mass is 127. The smallest absolute Gasteiger partial charge is 0.355 e. The number of carbonyl (C=O) groups excluding carboxylic acids is 1. The predicted octanol–water partition coefficient (Wildman–Crippen LogP) is 2.83. The van der Waals surface area contributed by atoms with E-state index in [1.807, 2.05) is 46.3 Å². The van der Waals surface area contributed by atoms with E-state index in [0.717, 1.165) is 0 Å². The number of rotatable bonds is 6. The second kappa shape index (κ2) is 8.12. The molecule has 4 heterocycles. The molecule has 4 aromatic heterocycles. The number of anilines is 1. The monoisotopic (exact) mass is 525 g/mol. The van der Waals surface area contributed by atoms with Crippen LogP contribution in [0.2, 0.25) is 0 Å². The minimum atomic E-state index is -0.469. The maximum absolute atomic E-state index is 12.5. The fourth-order valence-electron chi connectivity index (χ4n) is 3.24. The lowest BCUT2D eigenvalue weighted by Crippen LogP contribution is -2.14. The van der Waals surface area contributed by atoms with Crippen molar-refractivity contribution in [1.82, 2.24) is 29.1 Å². The van der Waals surface area contributed by atoms with E-state index in [1.165, 1.54) is 20.8 Å². The lowest BCUT2D eigenvalue weighted by molar-refractivity contribution is 0.0587. The summed E-state index contributed by atoms with van der Waals surface area (Å²) in [7, 11) is 2.56. The van der Waals surface area contributed by atoms with E-state index in [0.29, 0.717) is 52.6 Å². The van der Waals surface area contributed by atoms with Crippen LogP contribution < -0.4 is 5.73 Å². The number of aromatic nitrogens is 6. The van der Waals surface area contributed by atoms with E-state index in [9.17, 15) is 4.79 Å². The number of nitrogen functional groups attached to an aromatic ring is 1. The number of esters is 1. The van der Waals surface area contributed by atoms with Crippen molar-refractivity contribution in [3.63, 3.8) is 0 Å². The van der Waals surface area contributed by atoms with Crippen LogP contribution in [0.25, 0.3) is 28.2 Å². The zero-order valence-electron chi connectivity index (χ0n) is 15.5. The highest BCUT2D eigenvalue weighted by Gasteiger charge is 2.26. The Labute approximate surface area is 181 Å². The van der Waals surface area contributed by atoms with Crippen molar-refractivity contribution in [3.8, 4) is 11.5 Å². The average molecular weight is 525 g/mol. The van der Waals surface area contributed by atoms with Crippen LogP contribution in [0.1, 0.15) is 16.1 Å². The molecule has 0 saturated carbocycles. The van der Waals surface area contributed by atoms with E-state index in [1.54, 1.807) is 10.8 Å². The van der Waals surface area contributed by atoms with Crippen molar-refractivity contribution >= 4 is 59.0 Å². The maximum atomic E-state index is 12.5. The number of pyridine rings is 1. The first kappa shape index (κ1) is 19.8. The first-order valence-electron chi connectivity index (χ1n) is 8.51. The number of carbonyl (C=O) groups is 1. The van der Waals surface area contributed by atoms with E-state index >= 15 is 0 Å². The molecule has 0 aliphatic heterocycles. The van der Waals surface area contributed by atoms with Gasteiger partial charge in [-0.3, -0.25) is 4.98 Å². The first-order chi connectivity index (χ1) is 14.1. The van der Waals surface area contributed by atoms with Crippen LogP contribution in [-0.4, -0.2) is 48.8 Å². The summed E-state index contributed by atoms with van der Waals surface area (Å²) in [5, 5.41) is 5.13. The van der Waals surface area contributed by atoms with Crippen molar-refractivity contribution in [1.29, 1.82) is 0 Å². The van der Waals surface area contributed by atoms with Gasteiger partial charge in [0.05, 0.1) is 28.3 Å². The second-order valence-electron chi connectivity index (χ2n) is 6.06. The standard InChI is InChI=1S/C17H16IN7O3S/c1-9-11-14(24(7-8-28-29-18)12(9)16(26)27-2)22-17(19)25-15(11)21-13(23-25)10-5-3-4-6-20-10/h3-6H,7-8H2,1-2H3,(H2,19,22). The van der Waals surface area contributed by atoms with Gasteiger partial charge in [-0.05, 0) is 24.6 Å². The molecular weight excluding hydrogens is 509 g/mol. The molecule has 0 aromatic carbocycles. The number of fused-ring (bicyclic) bond motifs is 3. The van der Waals surface area contributed by atoms with Gasteiger partial charge >= 0.3 is 5.97 Å².